The normalized spacial score (nSPS) is 11.6. The van der Waals surface area contributed by atoms with Crippen LogP contribution in [0, 0.1) is 0 Å². The van der Waals surface area contributed by atoms with Crippen LogP contribution in [0.5, 0.6) is 0 Å². The number of hydrogen-bond acceptors (Lipinski definition) is 3. The van der Waals surface area contributed by atoms with Gasteiger partial charge in [-0.1, -0.05) is 106 Å². The lowest BCUT2D eigenvalue weighted by molar-refractivity contribution is 0.0979. The number of ketones is 1. The van der Waals surface area contributed by atoms with Gasteiger partial charge in [-0.05, 0) is 36.0 Å². The van der Waals surface area contributed by atoms with E-state index in [0.29, 0.717) is 6.42 Å². The summed E-state index contributed by atoms with van der Waals surface area (Å²) in [7, 11) is 0. The number of nitrogens with zero attached hydrogens (tertiary/aromatic N) is 1. The van der Waals surface area contributed by atoms with Gasteiger partial charge in [-0.25, -0.2) is 0 Å². The summed E-state index contributed by atoms with van der Waals surface area (Å²) in [5.41, 5.74) is 4.69. The summed E-state index contributed by atoms with van der Waals surface area (Å²) in [5.74, 6) is 0.231. The van der Waals surface area contributed by atoms with E-state index in [-0.39, 0.29) is 5.78 Å². The van der Waals surface area contributed by atoms with Crippen molar-refractivity contribution >= 4 is 11.5 Å². The minimum absolute atomic E-state index is 0.231. The van der Waals surface area contributed by atoms with Crippen molar-refractivity contribution in [1.29, 1.82) is 0 Å². The molecule has 0 bridgehead atoms. The van der Waals surface area contributed by atoms with Crippen LogP contribution in [0.4, 0.5) is 0 Å². The number of benzene rings is 2. The average molecular weight is 394 g/mol. The number of carbonyl (C=O) groups excluding carboxylic acids is 1. The summed E-state index contributed by atoms with van der Waals surface area (Å²) in [6.45, 7) is 4.37. The molecule has 0 saturated carbocycles. The number of carbonyl (C=O) groups is 1. The molecule has 0 heterocycles. The third-order valence-corrected chi connectivity index (χ3v) is 5.40. The van der Waals surface area contributed by atoms with Crippen molar-refractivity contribution in [3.8, 4) is 11.1 Å². The average Bonchev–Trinajstić information content (AvgIpc) is 2.77. The first-order valence-electron chi connectivity index (χ1n) is 11.1. The molecule has 0 aliphatic carbocycles. The minimum atomic E-state index is 0.231. The number of Topliss-reactive ketones (excluding diaryl/α,β-unsaturated/α-hetero) is 1. The first kappa shape index (κ1) is 22.9. The lowest BCUT2D eigenvalue weighted by atomic mass is 9.97. The van der Waals surface area contributed by atoms with Crippen LogP contribution in [0.1, 0.15) is 94.0 Å². The van der Waals surface area contributed by atoms with Crippen LogP contribution >= 0.6 is 0 Å². The maximum Gasteiger partial charge on any atom is 0.162 e. The summed E-state index contributed by atoms with van der Waals surface area (Å²) in [4.78, 5) is 12.3. The van der Waals surface area contributed by atoms with E-state index in [9.17, 15) is 10.0 Å². The van der Waals surface area contributed by atoms with E-state index in [1.807, 2.05) is 48.5 Å². The zero-order valence-corrected chi connectivity index (χ0v) is 18.0. The topological polar surface area (TPSA) is 49.7 Å². The molecular formula is C26H35NO2. The molecule has 156 valence electrons. The Hall–Kier alpha value is -2.42. The van der Waals surface area contributed by atoms with E-state index in [0.717, 1.165) is 60.1 Å². The van der Waals surface area contributed by atoms with E-state index in [1.165, 1.54) is 25.7 Å². The van der Waals surface area contributed by atoms with Crippen molar-refractivity contribution in [3.63, 3.8) is 0 Å². The van der Waals surface area contributed by atoms with Crippen molar-refractivity contribution in [2.24, 2.45) is 5.16 Å². The SMILES string of the molecule is CCCCCCC(=O)c1ccc(-c2ccc(C(CCCCCC)=NO)cc2)cc1. The Morgan fingerprint density at radius 3 is 1.66 bits per heavy atom. The van der Waals surface area contributed by atoms with Gasteiger partial charge in [0.25, 0.3) is 0 Å². The minimum Gasteiger partial charge on any atom is -0.411 e. The first-order valence-corrected chi connectivity index (χ1v) is 11.1. The van der Waals surface area contributed by atoms with Crippen LogP contribution in [0.3, 0.4) is 0 Å². The molecule has 0 aliphatic rings. The summed E-state index contributed by atoms with van der Waals surface area (Å²) in [5, 5.41) is 12.9. The molecular weight excluding hydrogens is 358 g/mol. The van der Waals surface area contributed by atoms with Crippen LogP contribution < -0.4 is 0 Å². The summed E-state index contributed by atoms with van der Waals surface area (Å²) in [6, 6.07) is 16.0. The Balaban J connectivity index is 1.96. The van der Waals surface area contributed by atoms with Crippen molar-refractivity contribution in [2.75, 3.05) is 0 Å². The molecule has 3 heteroatoms. The molecule has 2 rings (SSSR count). The number of hydrogen-bond donors (Lipinski definition) is 1. The lowest BCUT2D eigenvalue weighted by Crippen LogP contribution is -2.01. The molecule has 0 aliphatic heterocycles. The van der Waals surface area contributed by atoms with Crippen molar-refractivity contribution < 1.29 is 10.0 Å². The fourth-order valence-corrected chi connectivity index (χ4v) is 3.53. The largest absolute Gasteiger partial charge is 0.411 e. The predicted octanol–water partition coefficient (Wildman–Crippen LogP) is 7.66. The molecule has 3 nitrogen and oxygen atoms in total. The van der Waals surface area contributed by atoms with Gasteiger partial charge in [-0.15, -0.1) is 0 Å². The van der Waals surface area contributed by atoms with Crippen LogP contribution in [0.2, 0.25) is 0 Å². The maximum atomic E-state index is 12.3. The number of unbranched alkanes of at least 4 members (excludes halogenated alkanes) is 6. The highest BCUT2D eigenvalue weighted by Crippen LogP contribution is 2.22. The Kier molecular flexibility index (Phi) is 10.2. The van der Waals surface area contributed by atoms with Gasteiger partial charge < -0.3 is 5.21 Å². The van der Waals surface area contributed by atoms with E-state index >= 15 is 0 Å². The molecule has 1 N–H and O–H groups in total. The van der Waals surface area contributed by atoms with Gasteiger partial charge in [0, 0.05) is 12.0 Å². The van der Waals surface area contributed by atoms with Gasteiger partial charge in [0.1, 0.15) is 0 Å². The van der Waals surface area contributed by atoms with Gasteiger partial charge >= 0.3 is 0 Å². The molecule has 2 aromatic carbocycles. The fraction of sp³-hybridized carbons (Fsp3) is 0.462. The highest BCUT2D eigenvalue weighted by atomic mass is 16.4. The first-order chi connectivity index (χ1) is 14.2. The zero-order chi connectivity index (χ0) is 20.9. The molecule has 0 aromatic heterocycles. The Morgan fingerprint density at radius 2 is 1.17 bits per heavy atom. The van der Waals surface area contributed by atoms with Gasteiger partial charge in [-0.3, -0.25) is 4.79 Å². The monoisotopic (exact) mass is 393 g/mol. The molecule has 29 heavy (non-hydrogen) atoms. The molecule has 0 saturated heterocycles. The van der Waals surface area contributed by atoms with Crippen molar-refractivity contribution in [3.05, 3.63) is 59.7 Å². The van der Waals surface area contributed by atoms with Gasteiger partial charge in [-0.2, -0.15) is 0 Å². The molecule has 0 spiro atoms. The van der Waals surface area contributed by atoms with Gasteiger partial charge in [0.15, 0.2) is 5.78 Å². The fourth-order valence-electron chi connectivity index (χ4n) is 3.53. The second-order valence-corrected chi connectivity index (χ2v) is 7.75. The Morgan fingerprint density at radius 1 is 0.690 bits per heavy atom. The summed E-state index contributed by atoms with van der Waals surface area (Å²) >= 11 is 0. The predicted molar refractivity (Wildman–Crippen MR) is 122 cm³/mol. The van der Waals surface area contributed by atoms with Crippen LogP contribution in [0.25, 0.3) is 11.1 Å². The van der Waals surface area contributed by atoms with Gasteiger partial charge in [0.2, 0.25) is 0 Å². The highest BCUT2D eigenvalue weighted by molar-refractivity contribution is 6.00. The highest BCUT2D eigenvalue weighted by Gasteiger charge is 2.08. The standard InChI is InChI=1S/C26H35NO2/c1-3-5-7-9-11-25(27-29)23-17-13-21(14-18-23)22-15-19-24(20-16-22)26(28)12-10-8-6-4-2/h13-20,29H,3-12H2,1-2H3. The lowest BCUT2D eigenvalue weighted by Gasteiger charge is -2.08. The third-order valence-electron chi connectivity index (χ3n) is 5.40. The molecule has 0 unspecified atom stereocenters. The molecule has 2 aromatic rings. The zero-order valence-electron chi connectivity index (χ0n) is 18.0. The van der Waals surface area contributed by atoms with E-state index in [4.69, 9.17) is 0 Å². The van der Waals surface area contributed by atoms with E-state index in [1.54, 1.807) is 0 Å². The second-order valence-electron chi connectivity index (χ2n) is 7.75. The third kappa shape index (κ3) is 7.49. The molecule has 0 atom stereocenters. The van der Waals surface area contributed by atoms with Crippen molar-refractivity contribution in [2.45, 2.75) is 78.1 Å². The van der Waals surface area contributed by atoms with E-state index in [2.05, 4.69) is 19.0 Å². The van der Waals surface area contributed by atoms with Crippen LogP contribution in [-0.2, 0) is 0 Å². The number of rotatable bonds is 13. The molecule has 0 fully saturated rings. The van der Waals surface area contributed by atoms with Crippen molar-refractivity contribution in [1.82, 2.24) is 0 Å². The van der Waals surface area contributed by atoms with Crippen LogP contribution in [-0.4, -0.2) is 16.7 Å². The number of oxime groups is 1. The smallest absolute Gasteiger partial charge is 0.162 e. The quantitative estimate of drug-likeness (QED) is 0.125. The maximum absolute atomic E-state index is 12.3. The Labute approximate surface area is 175 Å². The molecule has 0 amide bonds. The summed E-state index contributed by atoms with van der Waals surface area (Å²) in [6.07, 6.45) is 10.5. The second kappa shape index (κ2) is 12.9. The van der Waals surface area contributed by atoms with Gasteiger partial charge in [0.05, 0.1) is 5.71 Å². The Bertz CT molecular complexity index is 760. The van der Waals surface area contributed by atoms with Crippen LogP contribution in [0.15, 0.2) is 53.7 Å². The molecule has 0 radical (unpaired) electrons. The summed E-state index contributed by atoms with van der Waals surface area (Å²) < 4.78 is 0. The van der Waals surface area contributed by atoms with E-state index < -0.39 is 0 Å².